The first-order valence-electron chi connectivity index (χ1n) is 12.8. The molecule has 12 heteroatoms. The smallest absolute Gasteiger partial charge is 0.295 e. The van der Waals surface area contributed by atoms with Gasteiger partial charge in [-0.1, -0.05) is 12.1 Å². The van der Waals surface area contributed by atoms with E-state index in [1.165, 1.54) is 57.7 Å². The van der Waals surface area contributed by atoms with Gasteiger partial charge in [0.05, 0.1) is 42.9 Å². The minimum atomic E-state index is -3.75. The summed E-state index contributed by atoms with van der Waals surface area (Å²) in [6, 6.07) is 10.1. The SMILES string of the molecule is O=C1C(=O)N(CCN2CCOCC2)C(c2ccc(F)cc2)C1=C(O)c1ccc(S(=O)(=O)N2CCOCC2)cc1. The quantitative estimate of drug-likeness (QED) is 0.309. The summed E-state index contributed by atoms with van der Waals surface area (Å²) in [4.78, 5) is 30.0. The normalized spacial score (nSPS) is 22.9. The molecule has 208 valence electrons. The highest BCUT2D eigenvalue weighted by Gasteiger charge is 2.46. The van der Waals surface area contributed by atoms with Gasteiger partial charge in [0.25, 0.3) is 11.7 Å². The summed E-state index contributed by atoms with van der Waals surface area (Å²) in [5, 5.41) is 11.3. The molecule has 1 atom stereocenters. The molecule has 0 bridgehead atoms. The third-order valence-electron chi connectivity index (χ3n) is 7.22. The van der Waals surface area contributed by atoms with Gasteiger partial charge < -0.3 is 19.5 Å². The van der Waals surface area contributed by atoms with Gasteiger partial charge >= 0.3 is 0 Å². The Balaban J connectivity index is 1.47. The number of aliphatic hydroxyl groups excluding tert-OH is 1. The maximum Gasteiger partial charge on any atom is 0.295 e. The molecule has 3 fully saturated rings. The standard InChI is InChI=1S/C27H30FN3O7S/c28-21-5-1-19(2-6-21)24-23(26(33)27(34)31(24)10-9-29-11-15-37-16-12-29)25(32)20-3-7-22(8-4-20)39(35,36)30-13-17-38-18-14-30/h1-8,24,32H,9-18H2. The summed E-state index contributed by atoms with van der Waals surface area (Å²) in [6.45, 7) is 4.40. The van der Waals surface area contributed by atoms with Crippen molar-refractivity contribution < 1.29 is 37.0 Å². The number of rotatable bonds is 7. The highest BCUT2D eigenvalue weighted by Crippen LogP contribution is 2.39. The van der Waals surface area contributed by atoms with Crippen molar-refractivity contribution in [2.75, 3.05) is 65.7 Å². The first-order valence-corrected chi connectivity index (χ1v) is 14.2. The molecule has 3 aliphatic rings. The van der Waals surface area contributed by atoms with Crippen LogP contribution < -0.4 is 0 Å². The van der Waals surface area contributed by atoms with Gasteiger partial charge in [0, 0.05) is 44.8 Å². The van der Waals surface area contributed by atoms with Crippen molar-refractivity contribution in [1.29, 1.82) is 0 Å². The Hall–Kier alpha value is -3.16. The first-order chi connectivity index (χ1) is 18.8. The number of hydrogen-bond acceptors (Lipinski definition) is 8. The number of halogens is 1. The first kappa shape index (κ1) is 27.4. The topological polar surface area (TPSA) is 117 Å². The Morgan fingerprint density at radius 2 is 1.46 bits per heavy atom. The molecular formula is C27H30FN3O7S. The minimum absolute atomic E-state index is 0.0435. The second-order valence-electron chi connectivity index (χ2n) is 9.54. The number of hydrogen-bond donors (Lipinski definition) is 1. The Kier molecular flexibility index (Phi) is 8.10. The van der Waals surface area contributed by atoms with E-state index < -0.39 is 39.3 Å². The van der Waals surface area contributed by atoms with Crippen LogP contribution in [0.1, 0.15) is 17.2 Å². The van der Waals surface area contributed by atoms with E-state index in [-0.39, 0.29) is 35.7 Å². The molecule has 0 saturated carbocycles. The van der Waals surface area contributed by atoms with Crippen LogP contribution in [0, 0.1) is 5.82 Å². The summed E-state index contributed by atoms with van der Waals surface area (Å²) in [5.41, 5.74) is 0.539. The number of ether oxygens (including phenoxy) is 2. The van der Waals surface area contributed by atoms with Crippen LogP contribution in [0.2, 0.25) is 0 Å². The molecule has 0 aromatic heterocycles. The van der Waals surface area contributed by atoms with Gasteiger partial charge in [-0.25, -0.2) is 12.8 Å². The van der Waals surface area contributed by atoms with E-state index in [0.29, 0.717) is 51.6 Å². The van der Waals surface area contributed by atoms with Crippen molar-refractivity contribution in [3.63, 3.8) is 0 Å². The van der Waals surface area contributed by atoms with Gasteiger partial charge in [-0.15, -0.1) is 0 Å². The molecule has 1 N–H and O–H groups in total. The molecule has 1 amide bonds. The second kappa shape index (κ2) is 11.5. The van der Waals surface area contributed by atoms with Crippen molar-refractivity contribution in [3.05, 3.63) is 71.0 Å². The zero-order chi connectivity index (χ0) is 27.6. The molecule has 5 rings (SSSR count). The molecule has 2 aromatic rings. The van der Waals surface area contributed by atoms with Gasteiger partial charge in [0.15, 0.2) is 0 Å². The van der Waals surface area contributed by atoms with Crippen molar-refractivity contribution >= 4 is 27.5 Å². The van der Waals surface area contributed by atoms with Crippen LogP contribution in [0.25, 0.3) is 5.76 Å². The molecule has 0 spiro atoms. The molecule has 0 aliphatic carbocycles. The van der Waals surface area contributed by atoms with E-state index in [1.807, 2.05) is 0 Å². The summed E-state index contributed by atoms with van der Waals surface area (Å²) in [7, 11) is -3.75. The van der Waals surface area contributed by atoms with E-state index in [2.05, 4.69) is 4.90 Å². The van der Waals surface area contributed by atoms with E-state index >= 15 is 0 Å². The number of ketones is 1. The second-order valence-corrected chi connectivity index (χ2v) is 11.5. The van der Waals surface area contributed by atoms with Crippen LogP contribution in [0.15, 0.2) is 59.0 Å². The predicted octanol–water partition coefficient (Wildman–Crippen LogP) is 1.60. The number of sulfonamides is 1. The van der Waals surface area contributed by atoms with Crippen molar-refractivity contribution in [2.45, 2.75) is 10.9 Å². The lowest BCUT2D eigenvalue weighted by atomic mass is 9.95. The molecule has 0 radical (unpaired) electrons. The number of nitrogens with zero attached hydrogens (tertiary/aromatic N) is 3. The van der Waals surface area contributed by atoms with Crippen LogP contribution in [0.3, 0.4) is 0 Å². The number of morpholine rings is 2. The van der Waals surface area contributed by atoms with Crippen molar-refractivity contribution in [3.8, 4) is 0 Å². The molecule has 3 saturated heterocycles. The highest BCUT2D eigenvalue weighted by molar-refractivity contribution is 7.89. The predicted molar refractivity (Wildman–Crippen MR) is 139 cm³/mol. The van der Waals surface area contributed by atoms with Crippen molar-refractivity contribution in [2.24, 2.45) is 0 Å². The van der Waals surface area contributed by atoms with E-state index in [0.717, 1.165) is 0 Å². The number of likely N-dealkylation sites (tertiary alicyclic amines) is 1. The third-order valence-corrected chi connectivity index (χ3v) is 9.13. The third kappa shape index (κ3) is 5.61. The van der Waals surface area contributed by atoms with E-state index in [1.54, 1.807) is 0 Å². The Labute approximate surface area is 226 Å². The number of amides is 1. The zero-order valence-electron chi connectivity index (χ0n) is 21.3. The minimum Gasteiger partial charge on any atom is -0.507 e. The van der Waals surface area contributed by atoms with Gasteiger partial charge in [-0.3, -0.25) is 14.5 Å². The van der Waals surface area contributed by atoms with Crippen LogP contribution in [0.4, 0.5) is 4.39 Å². The molecule has 3 aliphatic heterocycles. The van der Waals surface area contributed by atoms with Gasteiger partial charge in [0.2, 0.25) is 10.0 Å². The summed E-state index contributed by atoms with van der Waals surface area (Å²) in [5.74, 6) is -2.51. The summed E-state index contributed by atoms with van der Waals surface area (Å²) < 4.78 is 51.6. The lowest BCUT2D eigenvalue weighted by Gasteiger charge is -2.31. The molecule has 3 heterocycles. The lowest BCUT2D eigenvalue weighted by Crippen LogP contribution is -2.42. The van der Waals surface area contributed by atoms with Gasteiger partial charge in [-0.05, 0) is 42.0 Å². The zero-order valence-corrected chi connectivity index (χ0v) is 22.1. The van der Waals surface area contributed by atoms with Crippen molar-refractivity contribution in [1.82, 2.24) is 14.1 Å². The Bertz CT molecular complexity index is 1350. The maximum absolute atomic E-state index is 13.7. The van der Waals surface area contributed by atoms with Crippen LogP contribution in [-0.4, -0.2) is 105 Å². The number of benzene rings is 2. The Morgan fingerprint density at radius 1 is 0.872 bits per heavy atom. The largest absolute Gasteiger partial charge is 0.507 e. The number of carbonyl (C=O) groups is 2. The fourth-order valence-corrected chi connectivity index (χ4v) is 6.46. The molecule has 10 nitrogen and oxygen atoms in total. The van der Waals surface area contributed by atoms with E-state index in [9.17, 15) is 27.5 Å². The average Bonchev–Trinajstić information content (AvgIpc) is 3.22. The highest BCUT2D eigenvalue weighted by atomic mass is 32.2. The van der Waals surface area contributed by atoms with Gasteiger partial charge in [0.1, 0.15) is 11.6 Å². The van der Waals surface area contributed by atoms with Crippen LogP contribution in [0.5, 0.6) is 0 Å². The number of aliphatic hydroxyl groups is 1. The number of carbonyl (C=O) groups excluding carboxylic acids is 2. The van der Waals surface area contributed by atoms with Gasteiger partial charge in [-0.2, -0.15) is 4.31 Å². The molecular weight excluding hydrogens is 529 g/mol. The molecule has 2 aromatic carbocycles. The van der Waals surface area contributed by atoms with Crippen LogP contribution in [-0.2, 0) is 29.1 Å². The average molecular weight is 560 g/mol. The monoisotopic (exact) mass is 559 g/mol. The lowest BCUT2D eigenvalue weighted by molar-refractivity contribution is -0.140. The number of Topliss-reactive ketones (excluding diaryl/α,β-unsaturated/α-hetero) is 1. The fraction of sp³-hybridized carbons (Fsp3) is 0.407. The fourth-order valence-electron chi connectivity index (χ4n) is 5.05. The maximum atomic E-state index is 13.7. The molecule has 39 heavy (non-hydrogen) atoms. The summed E-state index contributed by atoms with van der Waals surface area (Å²) >= 11 is 0. The summed E-state index contributed by atoms with van der Waals surface area (Å²) in [6.07, 6.45) is 0. The molecule has 1 unspecified atom stereocenters. The van der Waals surface area contributed by atoms with Crippen LogP contribution >= 0.6 is 0 Å². The Morgan fingerprint density at radius 3 is 2.08 bits per heavy atom. The van der Waals surface area contributed by atoms with E-state index in [4.69, 9.17) is 9.47 Å².